The molecule has 0 saturated heterocycles. The highest BCUT2D eigenvalue weighted by atomic mass is 16.5. The Morgan fingerprint density at radius 3 is 2.81 bits per heavy atom. The average Bonchev–Trinajstić information content (AvgIpc) is 2.31. The Morgan fingerprint density at radius 2 is 2.25 bits per heavy atom. The van der Waals surface area contributed by atoms with Crippen molar-refractivity contribution >= 4 is 12.4 Å². The molecule has 86 valence electrons. The Labute approximate surface area is 94.6 Å². The molecule has 0 unspecified atom stereocenters. The van der Waals surface area contributed by atoms with Crippen LogP contribution in [-0.2, 0) is 0 Å². The lowest BCUT2D eigenvalue weighted by Gasteiger charge is -2.08. The van der Waals surface area contributed by atoms with Crippen LogP contribution in [0.25, 0.3) is 6.08 Å². The van der Waals surface area contributed by atoms with Crippen molar-refractivity contribution in [3.63, 3.8) is 0 Å². The largest absolute Gasteiger partial charge is 0.504 e. The molecule has 1 aromatic rings. The molecule has 0 bridgehead atoms. The molecule has 0 aromatic heterocycles. The first-order valence-electron chi connectivity index (χ1n) is 4.90. The van der Waals surface area contributed by atoms with Crippen molar-refractivity contribution in [3.8, 4) is 11.5 Å². The summed E-state index contributed by atoms with van der Waals surface area (Å²) in [5.41, 5.74) is 0.912. The van der Waals surface area contributed by atoms with Crippen molar-refractivity contribution in [3.05, 3.63) is 29.3 Å². The lowest BCUT2D eigenvalue weighted by Crippen LogP contribution is -2.03. The second-order valence-corrected chi connectivity index (χ2v) is 3.20. The van der Waals surface area contributed by atoms with E-state index >= 15 is 0 Å². The number of carbonyl (C=O) groups excluding carboxylic acids is 1. The van der Waals surface area contributed by atoms with Gasteiger partial charge in [0.1, 0.15) is 0 Å². The maximum absolute atomic E-state index is 10.8. The first-order chi connectivity index (χ1) is 7.74. The Hall–Kier alpha value is -1.81. The topological polar surface area (TPSA) is 58.6 Å². The van der Waals surface area contributed by atoms with E-state index in [1.807, 2.05) is 13.1 Å². The maximum atomic E-state index is 10.8. The summed E-state index contributed by atoms with van der Waals surface area (Å²) in [6, 6.07) is 3.18. The molecule has 0 saturated carbocycles. The number of carbonyl (C=O) groups is 1. The van der Waals surface area contributed by atoms with Crippen LogP contribution >= 0.6 is 0 Å². The number of hydrogen-bond donors (Lipinski definition) is 2. The van der Waals surface area contributed by atoms with E-state index in [2.05, 4.69) is 5.32 Å². The van der Waals surface area contributed by atoms with Crippen molar-refractivity contribution in [1.29, 1.82) is 0 Å². The molecule has 1 aromatic carbocycles. The van der Waals surface area contributed by atoms with Crippen molar-refractivity contribution in [1.82, 2.24) is 5.32 Å². The van der Waals surface area contributed by atoms with Crippen LogP contribution in [0.1, 0.15) is 15.9 Å². The molecule has 2 N–H and O–H groups in total. The first-order valence-corrected chi connectivity index (χ1v) is 4.90. The normalized spacial score (nSPS) is 10.6. The zero-order valence-corrected chi connectivity index (χ0v) is 9.36. The van der Waals surface area contributed by atoms with Crippen LogP contribution in [0.4, 0.5) is 0 Å². The molecule has 0 aliphatic rings. The number of phenolic OH excluding ortho intramolecular Hbond substituents is 1. The van der Waals surface area contributed by atoms with Gasteiger partial charge in [-0.3, -0.25) is 4.79 Å². The lowest BCUT2D eigenvalue weighted by molar-refractivity contribution is 0.112. The van der Waals surface area contributed by atoms with Gasteiger partial charge in [0.2, 0.25) is 0 Å². The van der Waals surface area contributed by atoms with Crippen LogP contribution < -0.4 is 10.1 Å². The van der Waals surface area contributed by atoms with Gasteiger partial charge in [0.05, 0.1) is 7.11 Å². The number of rotatable bonds is 5. The predicted octanol–water partition coefficient (Wildman–Crippen LogP) is 1.45. The van der Waals surface area contributed by atoms with E-state index in [4.69, 9.17) is 4.74 Å². The molecule has 0 radical (unpaired) electrons. The van der Waals surface area contributed by atoms with E-state index in [0.717, 1.165) is 0 Å². The Balaban J connectivity index is 3.15. The zero-order chi connectivity index (χ0) is 12.0. The van der Waals surface area contributed by atoms with Gasteiger partial charge in [-0.05, 0) is 19.2 Å². The number of benzene rings is 1. The summed E-state index contributed by atoms with van der Waals surface area (Å²) in [5.74, 6) is 0.342. The minimum absolute atomic E-state index is 0.0144. The van der Waals surface area contributed by atoms with Gasteiger partial charge in [-0.15, -0.1) is 0 Å². The number of aromatic hydroxyl groups is 1. The molecule has 16 heavy (non-hydrogen) atoms. The highest BCUT2D eigenvalue weighted by Gasteiger charge is 2.09. The summed E-state index contributed by atoms with van der Waals surface area (Å²) < 4.78 is 4.98. The summed E-state index contributed by atoms with van der Waals surface area (Å²) >= 11 is 0. The molecule has 4 heteroatoms. The molecule has 0 aliphatic heterocycles. The molecular weight excluding hydrogens is 206 g/mol. The number of methoxy groups -OCH3 is 1. The first kappa shape index (κ1) is 12.3. The van der Waals surface area contributed by atoms with Gasteiger partial charge in [-0.2, -0.15) is 0 Å². The summed E-state index contributed by atoms with van der Waals surface area (Å²) in [6.45, 7) is 0.662. The standard InChI is InChI=1S/C12H15NO3/c1-13-7-3-4-10-9(8-14)5-6-11(16-2)12(10)15/h3-6,8,13,15H,7H2,1-2H3. The smallest absolute Gasteiger partial charge is 0.165 e. The minimum Gasteiger partial charge on any atom is -0.504 e. The second-order valence-electron chi connectivity index (χ2n) is 3.20. The molecule has 1 rings (SSSR count). The number of ether oxygens (including phenoxy) is 1. The van der Waals surface area contributed by atoms with E-state index in [9.17, 15) is 9.90 Å². The number of nitrogens with one attached hydrogen (secondary N) is 1. The van der Waals surface area contributed by atoms with Crippen LogP contribution in [0.15, 0.2) is 18.2 Å². The van der Waals surface area contributed by atoms with Crippen LogP contribution in [0.2, 0.25) is 0 Å². The minimum atomic E-state index is -0.0144. The third-order valence-electron chi connectivity index (χ3n) is 2.17. The number of hydrogen-bond acceptors (Lipinski definition) is 4. The quantitative estimate of drug-likeness (QED) is 0.739. The Kier molecular flexibility index (Phi) is 4.54. The van der Waals surface area contributed by atoms with Crippen molar-refractivity contribution < 1.29 is 14.6 Å². The van der Waals surface area contributed by atoms with Crippen LogP contribution in [0, 0.1) is 0 Å². The van der Waals surface area contributed by atoms with Gasteiger partial charge in [-0.25, -0.2) is 0 Å². The number of likely N-dealkylation sites (N-methyl/N-ethyl adjacent to an activating group) is 1. The second kappa shape index (κ2) is 5.92. The van der Waals surface area contributed by atoms with E-state index in [0.29, 0.717) is 29.7 Å². The maximum Gasteiger partial charge on any atom is 0.165 e. The summed E-state index contributed by atoms with van der Waals surface area (Å²) in [5, 5.41) is 12.8. The highest BCUT2D eigenvalue weighted by Crippen LogP contribution is 2.32. The highest BCUT2D eigenvalue weighted by molar-refractivity contribution is 5.85. The van der Waals surface area contributed by atoms with E-state index in [1.54, 1.807) is 18.2 Å². The summed E-state index contributed by atoms with van der Waals surface area (Å²) in [6.07, 6.45) is 4.22. The molecule has 0 fully saturated rings. The third-order valence-corrected chi connectivity index (χ3v) is 2.17. The molecule has 0 heterocycles. The SMILES string of the molecule is CNCC=Cc1c(C=O)ccc(OC)c1O. The van der Waals surface area contributed by atoms with E-state index < -0.39 is 0 Å². The van der Waals surface area contributed by atoms with Crippen LogP contribution in [-0.4, -0.2) is 32.1 Å². The van der Waals surface area contributed by atoms with Crippen LogP contribution in [0.5, 0.6) is 11.5 Å². The van der Waals surface area contributed by atoms with Crippen molar-refractivity contribution in [2.45, 2.75) is 0 Å². The molecular formula is C12H15NO3. The Bertz CT molecular complexity index is 399. The van der Waals surface area contributed by atoms with Gasteiger partial charge >= 0.3 is 0 Å². The van der Waals surface area contributed by atoms with E-state index in [-0.39, 0.29) is 5.75 Å². The summed E-state index contributed by atoms with van der Waals surface area (Å²) in [7, 11) is 3.28. The van der Waals surface area contributed by atoms with Gasteiger partial charge < -0.3 is 15.2 Å². The molecule has 0 spiro atoms. The third kappa shape index (κ3) is 2.61. The van der Waals surface area contributed by atoms with Gasteiger partial charge in [-0.1, -0.05) is 12.2 Å². The predicted molar refractivity (Wildman–Crippen MR) is 63.0 cm³/mol. The fourth-order valence-electron chi connectivity index (χ4n) is 1.34. The van der Waals surface area contributed by atoms with Crippen molar-refractivity contribution in [2.75, 3.05) is 20.7 Å². The molecule has 4 nitrogen and oxygen atoms in total. The van der Waals surface area contributed by atoms with Crippen molar-refractivity contribution in [2.24, 2.45) is 0 Å². The van der Waals surface area contributed by atoms with Crippen LogP contribution in [0.3, 0.4) is 0 Å². The molecule has 0 amide bonds. The number of phenols is 1. The molecule has 0 atom stereocenters. The summed E-state index contributed by atoms with van der Waals surface area (Å²) in [4.78, 5) is 10.8. The van der Waals surface area contributed by atoms with Gasteiger partial charge in [0.15, 0.2) is 17.8 Å². The average molecular weight is 221 g/mol. The molecule has 0 aliphatic carbocycles. The van der Waals surface area contributed by atoms with E-state index in [1.165, 1.54) is 7.11 Å². The fraction of sp³-hybridized carbons (Fsp3) is 0.250. The van der Waals surface area contributed by atoms with Gasteiger partial charge in [0, 0.05) is 17.7 Å². The Morgan fingerprint density at radius 1 is 1.50 bits per heavy atom. The fourth-order valence-corrected chi connectivity index (χ4v) is 1.34. The monoisotopic (exact) mass is 221 g/mol. The lowest BCUT2D eigenvalue weighted by atomic mass is 10.1. The van der Waals surface area contributed by atoms with Gasteiger partial charge in [0.25, 0.3) is 0 Å². The zero-order valence-electron chi connectivity index (χ0n) is 9.36. The number of aldehydes is 1.